The van der Waals surface area contributed by atoms with Crippen molar-refractivity contribution in [2.24, 2.45) is 0 Å². The molecule has 1 amide bonds. The van der Waals surface area contributed by atoms with Gasteiger partial charge in [0.1, 0.15) is 18.2 Å². The van der Waals surface area contributed by atoms with Crippen molar-refractivity contribution in [2.75, 3.05) is 19.7 Å². The van der Waals surface area contributed by atoms with Crippen molar-refractivity contribution in [3.05, 3.63) is 72.6 Å². The van der Waals surface area contributed by atoms with Crippen LogP contribution in [0.4, 0.5) is 0 Å². The van der Waals surface area contributed by atoms with Crippen LogP contribution >= 0.6 is 0 Å². The maximum atomic E-state index is 12.4. The molecule has 2 aromatic carbocycles. The molecular formula is C26H31N3O2. The minimum absolute atomic E-state index is 0.0923. The topological polar surface area (TPSA) is 47.4 Å². The number of fused-ring (bicyclic) bond motifs is 1. The molecule has 0 aliphatic carbocycles. The molecule has 0 saturated carbocycles. The lowest BCUT2D eigenvalue weighted by atomic mass is 9.99. The van der Waals surface area contributed by atoms with Gasteiger partial charge in [0.2, 0.25) is 5.91 Å². The van der Waals surface area contributed by atoms with E-state index in [9.17, 15) is 4.79 Å². The highest BCUT2D eigenvalue weighted by molar-refractivity contribution is 5.81. The molecule has 0 radical (unpaired) electrons. The van der Waals surface area contributed by atoms with Gasteiger partial charge in [-0.15, -0.1) is 6.58 Å². The number of ether oxygens (including phenoxy) is 1. The number of nitrogens with zero attached hydrogens (tertiary/aromatic N) is 3. The Morgan fingerprint density at radius 3 is 2.74 bits per heavy atom. The van der Waals surface area contributed by atoms with Crippen LogP contribution in [0.5, 0.6) is 5.75 Å². The van der Waals surface area contributed by atoms with E-state index < -0.39 is 0 Å². The van der Waals surface area contributed by atoms with Crippen molar-refractivity contribution >= 4 is 16.9 Å². The molecule has 0 N–H and O–H groups in total. The molecule has 5 nitrogen and oxygen atoms in total. The second kappa shape index (κ2) is 9.38. The van der Waals surface area contributed by atoms with E-state index in [1.54, 1.807) is 6.08 Å². The minimum atomic E-state index is 0.0923. The summed E-state index contributed by atoms with van der Waals surface area (Å²) in [5.74, 6) is 2.67. The molecule has 162 valence electrons. The van der Waals surface area contributed by atoms with E-state index in [0.29, 0.717) is 38.6 Å². The Kier molecular flexibility index (Phi) is 6.40. The smallest absolute Gasteiger partial charge is 0.223 e. The highest BCUT2D eigenvalue weighted by atomic mass is 16.5. The van der Waals surface area contributed by atoms with Crippen molar-refractivity contribution in [2.45, 2.75) is 45.1 Å². The summed E-state index contributed by atoms with van der Waals surface area (Å²) in [6, 6.07) is 16.6. The van der Waals surface area contributed by atoms with Crippen LogP contribution in [0.1, 0.15) is 49.9 Å². The van der Waals surface area contributed by atoms with Crippen molar-refractivity contribution in [3.63, 3.8) is 0 Å². The first-order valence-corrected chi connectivity index (χ1v) is 11.2. The number of amides is 1. The third-order valence-electron chi connectivity index (χ3n) is 6.26. The number of benzene rings is 2. The third-order valence-corrected chi connectivity index (χ3v) is 6.26. The molecule has 1 aromatic heterocycles. The van der Waals surface area contributed by atoms with E-state index in [4.69, 9.17) is 9.72 Å². The van der Waals surface area contributed by atoms with Crippen molar-refractivity contribution in [3.8, 4) is 5.75 Å². The van der Waals surface area contributed by atoms with Crippen LogP contribution in [-0.4, -0.2) is 40.1 Å². The van der Waals surface area contributed by atoms with Crippen LogP contribution in [0.2, 0.25) is 0 Å². The lowest BCUT2D eigenvalue weighted by molar-refractivity contribution is -0.127. The lowest BCUT2D eigenvalue weighted by Gasteiger charge is -2.16. The van der Waals surface area contributed by atoms with Gasteiger partial charge in [-0.3, -0.25) is 4.79 Å². The van der Waals surface area contributed by atoms with E-state index in [0.717, 1.165) is 29.0 Å². The zero-order valence-electron chi connectivity index (χ0n) is 18.5. The molecule has 1 saturated heterocycles. The molecule has 3 aromatic rings. The van der Waals surface area contributed by atoms with Crippen molar-refractivity contribution < 1.29 is 9.53 Å². The second-order valence-electron chi connectivity index (χ2n) is 8.33. The maximum Gasteiger partial charge on any atom is 0.223 e. The Labute approximate surface area is 184 Å². The van der Waals surface area contributed by atoms with Crippen LogP contribution in [0.3, 0.4) is 0 Å². The predicted octanol–water partition coefficient (Wildman–Crippen LogP) is 5.13. The number of para-hydroxylation sites is 2. The molecule has 1 aliphatic rings. The molecule has 2 heterocycles. The maximum absolute atomic E-state index is 12.4. The number of aromatic nitrogens is 2. The van der Waals surface area contributed by atoms with Gasteiger partial charge >= 0.3 is 0 Å². The van der Waals surface area contributed by atoms with E-state index >= 15 is 0 Å². The summed E-state index contributed by atoms with van der Waals surface area (Å²) >= 11 is 0. The third kappa shape index (κ3) is 4.50. The van der Waals surface area contributed by atoms with Crippen molar-refractivity contribution in [1.82, 2.24) is 14.5 Å². The van der Waals surface area contributed by atoms with E-state index in [2.05, 4.69) is 55.3 Å². The Bertz CT molecular complexity index is 1050. The minimum Gasteiger partial charge on any atom is -0.492 e. The van der Waals surface area contributed by atoms with Crippen LogP contribution < -0.4 is 4.74 Å². The molecule has 2 atom stereocenters. The Hall–Kier alpha value is -3.08. The molecule has 1 aliphatic heterocycles. The summed E-state index contributed by atoms with van der Waals surface area (Å²) in [7, 11) is 0. The summed E-state index contributed by atoms with van der Waals surface area (Å²) in [5, 5.41) is 0. The second-order valence-corrected chi connectivity index (χ2v) is 8.33. The van der Waals surface area contributed by atoms with Gasteiger partial charge in [-0.05, 0) is 42.2 Å². The van der Waals surface area contributed by atoms with Gasteiger partial charge in [0.15, 0.2) is 0 Å². The SMILES string of the molecule is C=CCN1C[C@@H](c2nc3ccccc3n2CCOc2ccc([C@H](C)CC)cc2)CC1=O. The molecule has 0 spiro atoms. The van der Waals surface area contributed by atoms with Gasteiger partial charge in [-0.1, -0.05) is 44.2 Å². The summed E-state index contributed by atoms with van der Waals surface area (Å²) < 4.78 is 8.28. The number of carbonyl (C=O) groups excluding carboxylic acids is 1. The number of likely N-dealkylation sites (tertiary alicyclic amines) is 1. The first-order chi connectivity index (χ1) is 15.1. The van der Waals surface area contributed by atoms with Crippen LogP contribution in [0.25, 0.3) is 11.0 Å². The largest absolute Gasteiger partial charge is 0.492 e. The lowest BCUT2D eigenvalue weighted by Crippen LogP contribution is -2.25. The van der Waals surface area contributed by atoms with Gasteiger partial charge in [-0.25, -0.2) is 4.98 Å². The van der Waals surface area contributed by atoms with Gasteiger partial charge in [0, 0.05) is 25.4 Å². The van der Waals surface area contributed by atoms with E-state index in [-0.39, 0.29) is 11.8 Å². The summed E-state index contributed by atoms with van der Waals surface area (Å²) in [6.07, 6.45) is 3.41. The summed E-state index contributed by atoms with van der Waals surface area (Å²) in [6.45, 7) is 10.7. The fraction of sp³-hybridized carbons (Fsp3) is 0.385. The first kappa shape index (κ1) is 21.2. The Balaban J connectivity index is 1.50. The Morgan fingerprint density at radius 2 is 2.00 bits per heavy atom. The number of hydrogen-bond donors (Lipinski definition) is 0. The standard InChI is InChI=1S/C26H31N3O2/c1-4-14-28-18-21(17-25(28)30)26-27-23-8-6-7-9-24(23)29(26)15-16-31-22-12-10-20(11-13-22)19(3)5-2/h4,6-13,19,21H,1,5,14-18H2,2-3H3/t19-,21+/m1/s1. The number of imidazole rings is 1. The molecule has 0 unspecified atom stereocenters. The van der Waals surface area contributed by atoms with Gasteiger partial charge in [-0.2, -0.15) is 0 Å². The molecule has 31 heavy (non-hydrogen) atoms. The Morgan fingerprint density at radius 1 is 1.23 bits per heavy atom. The van der Waals surface area contributed by atoms with Gasteiger partial charge < -0.3 is 14.2 Å². The zero-order valence-corrected chi connectivity index (χ0v) is 18.5. The monoisotopic (exact) mass is 417 g/mol. The molecule has 4 rings (SSSR count). The highest BCUT2D eigenvalue weighted by Gasteiger charge is 2.33. The zero-order chi connectivity index (χ0) is 21.8. The average Bonchev–Trinajstić information content (AvgIpc) is 3.34. The molecular weight excluding hydrogens is 386 g/mol. The highest BCUT2D eigenvalue weighted by Crippen LogP contribution is 2.30. The number of rotatable bonds is 9. The van der Waals surface area contributed by atoms with E-state index in [1.807, 2.05) is 23.1 Å². The predicted molar refractivity (Wildman–Crippen MR) is 125 cm³/mol. The molecule has 0 bridgehead atoms. The average molecular weight is 418 g/mol. The summed E-state index contributed by atoms with van der Waals surface area (Å²) in [5.41, 5.74) is 3.39. The fourth-order valence-electron chi connectivity index (χ4n) is 4.30. The normalized spacial score (nSPS) is 17.3. The molecule has 5 heteroatoms. The quantitative estimate of drug-likeness (QED) is 0.454. The van der Waals surface area contributed by atoms with E-state index in [1.165, 1.54) is 5.56 Å². The van der Waals surface area contributed by atoms with Crippen molar-refractivity contribution in [1.29, 1.82) is 0 Å². The number of carbonyl (C=O) groups is 1. The summed E-state index contributed by atoms with van der Waals surface area (Å²) in [4.78, 5) is 19.1. The van der Waals surface area contributed by atoms with Crippen LogP contribution in [0, 0.1) is 0 Å². The fourth-order valence-corrected chi connectivity index (χ4v) is 4.30. The van der Waals surface area contributed by atoms with Gasteiger partial charge in [0.25, 0.3) is 0 Å². The molecule has 1 fully saturated rings. The van der Waals surface area contributed by atoms with Crippen LogP contribution in [-0.2, 0) is 11.3 Å². The first-order valence-electron chi connectivity index (χ1n) is 11.2. The van der Waals surface area contributed by atoms with Gasteiger partial charge in [0.05, 0.1) is 17.6 Å². The number of hydrogen-bond acceptors (Lipinski definition) is 3. The van der Waals surface area contributed by atoms with Crippen LogP contribution in [0.15, 0.2) is 61.2 Å².